The number of hydrogen-bond acceptors (Lipinski definition) is 9. The van der Waals surface area contributed by atoms with Crippen molar-refractivity contribution in [2.24, 2.45) is 5.92 Å². The van der Waals surface area contributed by atoms with Crippen molar-refractivity contribution in [3.8, 4) is 11.5 Å². The minimum atomic E-state index is -0.983. The zero-order chi connectivity index (χ0) is 28.8. The zero-order valence-corrected chi connectivity index (χ0v) is 23.6. The third kappa shape index (κ3) is 9.86. The van der Waals surface area contributed by atoms with E-state index in [9.17, 15) is 14.4 Å². The van der Waals surface area contributed by atoms with Crippen LogP contribution in [0.3, 0.4) is 0 Å². The van der Waals surface area contributed by atoms with Gasteiger partial charge in [0, 0.05) is 31.7 Å². The second-order valence-corrected chi connectivity index (χ2v) is 9.10. The summed E-state index contributed by atoms with van der Waals surface area (Å²) in [6, 6.07) is 10.5. The molecule has 1 aromatic heterocycles. The van der Waals surface area contributed by atoms with Crippen LogP contribution in [0.2, 0.25) is 0 Å². The molecule has 2 rings (SSSR count). The van der Waals surface area contributed by atoms with Crippen molar-refractivity contribution in [1.29, 1.82) is 0 Å². The van der Waals surface area contributed by atoms with Crippen LogP contribution in [0.5, 0.6) is 11.5 Å². The Labute approximate surface area is 230 Å². The molecule has 10 heteroatoms. The lowest BCUT2D eigenvalue weighted by Crippen LogP contribution is -2.43. The summed E-state index contributed by atoms with van der Waals surface area (Å²) in [6.45, 7) is 8.90. The van der Waals surface area contributed by atoms with E-state index in [4.69, 9.17) is 23.7 Å². The van der Waals surface area contributed by atoms with Gasteiger partial charge < -0.3 is 29.0 Å². The topological polar surface area (TPSA) is 122 Å². The van der Waals surface area contributed by atoms with Crippen molar-refractivity contribution in [2.75, 3.05) is 20.5 Å². The Morgan fingerprint density at radius 1 is 1.05 bits per heavy atom. The number of ether oxygens (including phenoxy) is 5. The Bertz CT molecular complexity index is 1060. The van der Waals surface area contributed by atoms with Gasteiger partial charge in [0.1, 0.15) is 12.1 Å². The fraction of sp³-hybridized carbons (Fsp3) is 0.517. The quantitative estimate of drug-likeness (QED) is 0.246. The van der Waals surface area contributed by atoms with E-state index in [1.54, 1.807) is 0 Å². The van der Waals surface area contributed by atoms with Gasteiger partial charge in [-0.1, -0.05) is 44.2 Å². The number of nitrogens with one attached hydrogen (secondary N) is 1. The molecule has 1 heterocycles. The van der Waals surface area contributed by atoms with Gasteiger partial charge in [-0.2, -0.15) is 0 Å². The number of benzene rings is 1. The molecular weight excluding hydrogens is 504 g/mol. The highest BCUT2D eigenvalue weighted by atomic mass is 16.7. The number of amides is 1. The Hall–Kier alpha value is -3.66. The summed E-state index contributed by atoms with van der Waals surface area (Å²) in [7, 11) is 1.40. The summed E-state index contributed by atoms with van der Waals surface area (Å²) in [5, 5.41) is 2.61. The molecule has 1 amide bonds. The van der Waals surface area contributed by atoms with Gasteiger partial charge in [-0.15, -0.1) is 0 Å². The molecule has 0 bridgehead atoms. The third-order valence-corrected chi connectivity index (χ3v) is 6.11. The molecule has 1 N–H and O–H groups in total. The van der Waals surface area contributed by atoms with E-state index in [1.165, 1.54) is 33.2 Å². The van der Waals surface area contributed by atoms with E-state index >= 15 is 0 Å². The zero-order valence-electron chi connectivity index (χ0n) is 23.6. The summed E-state index contributed by atoms with van der Waals surface area (Å²) in [4.78, 5) is 41.2. The van der Waals surface area contributed by atoms with Crippen molar-refractivity contribution in [3.05, 3.63) is 53.9 Å². The fourth-order valence-electron chi connectivity index (χ4n) is 4.06. The van der Waals surface area contributed by atoms with Gasteiger partial charge in [-0.25, -0.2) is 9.78 Å². The minimum Gasteiger partial charge on any atom is -0.493 e. The maximum atomic E-state index is 13.0. The van der Waals surface area contributed by atoms with Gasteiger partial charge in [-0.05, 0) is 38.7 Å². The molecule has 0 fully saturated rings. The molecule has 214 valence electrons. The van der Waals surface area contributed by atoms with Crippen molar-refractivity contribution >= 4 is 17.8 Å². The number of carbonyl (C=O) groups excluding carboxylic acids is 3. The van der Waals surface area contributed by atoms with Crippen LogP contribution in [0.15, 0.2) is 42.6 Å². The monoisotopic (exact) mass is 544 g/mol. The van der Waals surface area contributed by atoms with Gasteiger partial charge in [-0.3, -0.25) is 9.59 Å². The molecule has 0 radical (unpaired) electrons. The molecule has 0 aliphatic carbocycles. The van der Waals surface area contributed by atoms with Crippen LogP contribution in [0.1, 0.15) is 63.5 Å². The molecule has 0 aliphatic rings. The van der Waals surface area contributed by atoms with Crippen molar-refractivity contribution < 1.29 is 38.1 Å². The van der Waals surface area contributed by atoms with Crippen molar-refractivity contribution in [1.82, 2.24) is 10.3 Å². The number of rotatable bonds is 16. The minimum absolute atomic E-state index is 0.0190. The van der Waals surface area contributed by atoms with Crippen molar-refractivity contribution in [3.63, 3.8) is 0 Å². The van der Waals surface area contributed by atoms with Crippen molar-refractivity contribution in [2.45, 2.75) is 72.1 Å². The molecular formula is C29H40N2O8. The Balaban J connectivity index is 2.13. The normalized spacial score (nSPS) is 13.9. The maximum Gasteiger partial charge on any atom is 0.328 e. The number of hydrogen-bond donors (Lipinski definition) is 1. The van der Waals surface area contributed by atoms with Gasteiger partial charge in [0.25, 0.3) is 5.91 Å². The lowest BCUT2D eigenvalue weighted by Gasteiger charge is -2.32. The van der Waals surface area contributed by atoms with Gasteiger partial charge >= 0.3 is 11.9 Å². The summed E-state index contributed by atoms with van der Waals surface area (Å²) in [5.41, 5.74) is 0.992. The van der Waals surface area contributed by atoms with Crippen LogP contribution < -0.4 is 14.8 Å². The first-order valence-electron chi connectivity index (χ1n) is 13.2. The molecule has 0 spiro atoms. The Kier molecular flexibility index (Phi) is 13.2. The molecule has 39 heavy (non-hydrogen) atoms. The smallest absolute Gasteiger partial charge is 0.328 e. The predicted octanol–water partition coefficient (Wildman–Crippen LogP) is 4.10. The fourth-order valence-corrected chi connectivity index (χ4v) is 4.06. The molecule has 4 atom stereocenters. The van der Waals surface area contributed by atoms with E-state index in [-0.39, 0.29) is 29.2 Å². The highest BCUT2D eigenvalue weighted by Gasteiger charge is 2.31. The van der Waals surface area contributed by atoms with E-state index in [2.05, 4.69) is 24.1 Å². The van der Waals surface area contributed by atoms with E-state index in [0.29, 0.717) is 13.0 Å². The predicted molar refractivity (Wildman–Crippen MR) is 144 cm³/mol. The molecule has 1 aromatic carbocycles. The van der Waals surface area contributed by atoms with E-state index in [0.717, 1.165) is 18.4 Å². The first-order chi connectivity index (χ1) is 18.7. The number of esters is 2. The number of aromatic nitrogens is 1. The number of pyridine rings is 1. The maximum absolute atomic E-state index is 13.0. The summed E-state index contributed by atoms with van der Waals surface area (Å²) in [6.07, 6.45) is 3.12. The molecule has 10 nitrogen and oxygen atoms in total. The van der Waals surface area contributed by atoms with Crippen LogP contribution >= 0.6 is 0 Å². The van der Waals surface area contributed by atoms with E-state index in [1.807, 2.05) is 37.3 Å². The number of carbonyl (C=O) groups is 3. The molecule has 2 aromatic rings. The summed E-state index contributed by atoms with van der Waals surface area (Å²) < 4.78 is 27.4. The summed E-state index contributed by atoms with van der Waals surface area (Å²) >= 11 is 0. The van der Waals surface area contributed by atoms with Gasteiger partial charge in [0.05, 0.1) is 13.2 Å². The first kappa shape index (κ1) is 31.6. The second-order valence-electron chi connectivity index (χ2n) is 9.10. The highest BCUT2D eigenvalue weighted by molar-refractivity contribution is 5.98. The summed E-state index contributed by atoms with van der Waals surface area (Å²) in [5.74, 6) is -1.71. The first-order valence-corrected chi connectivity index (χ1v) is 13.2. The SMILES string of the molecule is CCCO[C@H](CC)[C@@H](Cc1ccccc1)[C@H](C)OC(=O)[C@H](C)NC(=O)c1nccc(OC)c1OCOC(C)=O. The van der Waals surface area contributed by atoms with Crippen LogP contribution in [-0.4, -0.2) is 61.6 Å². The van der Waals surface area contributed by atoms with Crippen LogP contribution in [-0.2, 0) is 30.2 Å². The van der Waals surface area contributed by atoms with Crippen LogP contribution in [0.4, 0.5) is 0 Å². The van der Waals surface area contributed by atoms with Crippen LogP contribution in [0.25, 0.3) is 0 Å². The van der Waals surface area contributed by atoms with E-state index < -0.39 is 36.8 Å². The second kappa shape index (κ2) is 16.3. The Morgan fingerprint density at radius 3 is 2.38 bits per heavy atom. The van der Waals surface area contributed by atoms with Gasteiger partial charge in [0.2, 0.25) is 6.79 Å². The number of methoxy groups -OCH3 is 1. The highest BCUT2D eigenvalue weighted by Crippen LogP contribution is 2.30. The average molecular weight is 545 g/mol. The van der Waals surface area contributed by atoms with Crippen LogP contribution in [0, 0.1) is 5.92 Å². The molecule has 0 unspecified atom stereocenters. The standard InChI is InChI=1S/C29H40N2O8/c1-7-16-36-24(8-2)23(17-22-12-10-9-11-13-22)20(4)39-29(34)19(3)31-28(33)26-27(38-18-37-21(5)32)25(35-6)14-15-30-26/h9-15,19-20,23-24H,7-8,16-18H2,1-6H3,(H,31,33)/t19-,20-,23-,24+/m0/s1. The third-order valence-electron chi connectivity index (χ3n) is 6.11. The molecule has 0 saturated carbocycles. The lowest BCUT2D eigenvalue weighted by atomic mass is 9.88. The Morgan fingerprint density at radius 2 is 1.77 bits per heavy atom. The van der Waals surface area contributed by atoms with Gasteiger partial charge in [0.15, 0.2) is 17.2 Å². The largest absolute Gasteiger partial charge is 0.493 e. The number of nitrogens with zero attached hydrogens (tertiary/aromatic N) is 1. The molecule has 0 aliphatic heterocycles. The average Bonchev–Trinajstić information content (AvgIpc) is 2.92. The lowest BCUT2D eigenvalue weighted by molar-refractivity contribution is -0.156. The molecule has 0 saturated heterocycles.